The molecule has 0 spiro atoms. The normalized spacial score (nSPS) is 14.5. The first-order chi connectivity index (χ1) is 15.0. The second-order valence-electron chi connectivity index (χ2n) is 7.38. The highest BCUT2D eigenvalue weighted by atomic mass is 32.1. The van der Waals surface area contributed by atoms with Crippen molar-refractivity contribution in [1.29, 1.82) is 0 Å². The first kappa shape index (κ1) is 21.1. The van der Waals surface area contributed by atoms with E-state index >= 15 is 0 Å². The van der Waals surface area contributed by atoms with Crippen LogP contribution >= 0.6 is 11.3 Å². The average Bonchev–Trinajstić information content (AvgIpc) is 3.22. The Morgan fingerprint density at radius 3 is 2.58 bits per heavy atom. The van der Waals surface area contributed by atoms with Gasteiger partial charge in [-0.05, 0) is 25.1 Å². The average molecular weight is 440 g/mol. The molecule has 0 radical (unpaired) electrons. The van der Waals surface area contributed by atoms with Gasteiger partial charge in [0.1, 0.15) is 10.8 Å². The van der Waals surface area contributed by atoms with Crippen molar-refractivity contribution in [3.8, 4) is 10.6 Å². The molecule has 1 N–H and O–H groups in total. The summed E-state index contributed by atoms with van der Waals surface area (Å²) in [6.07, 6.45) is 0. The Morgan fingerprint density at radius 1 is 1.06 bits per heavy atom. The number of carbonyl (C=O) groups excluding carboxylic acids is 2. The maximum absolute atomic E-state index is 13.9. The molecule has 2 amide bonds. The molecule has 1 saturated heterocycles. The van der Waals surface area contributed by atoms with Crippen molar-refractivity contribution in [3.05, 3.63) is 65.5 Å². The quantitative estimate of drug-likeness (QED) is 0.661. The number of nitrogens with zero attached hydrogens (tertiary/aromatic N) is 4. The molecular weight excluding hydrogens is 417 g/mol. The molecule has 9 heteroatoms. The molecule has 0 unspecified atom stereocenters. The SMILES string of the molecule is Cc1cccc(-c2nnc(NC(=O)CN3CCN(C(=O)c4ccccc4F)CC3)s2)c1. The number of piperazine rings is 1. The minimum atomic E-state index is -0.517. The number of aromatic nitrogens is 2. The summed E-state index contributed by atoms with van der Waals surface area (Å²) in [6, 6.07) is 13.9. The van der Waals surface area contributed by atoms with Crippen molar-refractivity contribution in [2.24, 2.45) is 0 Å². The first-order valence-corrected chi connectivity index (χ1v) is 10.8. The van der Waals surface area contributed by atoms with Crippen LogP contribution in [0.25, 0.3) is 10.6 Å². The minimum absolute atomic E-state index is 0.0781. The van der Waals surface area contributed by atoms with Crippen LogP contribution in [-0.2, 0) is 4.79 Å². The molecule has 7 nitrogen and oxygen atoms in total. The number of amides is 2. The van der Waals surface area contributed by atoms with Gasteiger partial charge in [-0.15, -0.1) is 10.2 Å². The van der Waals surface area contributed by atoms with E-state index < -0.39 is 5.82 Å². The van der Waals surface area contributed by atoms with Crippen molar-refractivity contribution in [3.63, 3.8) is 0 Å². The van der Waals surface area contributed by atoms with Crippen molar-refractivity contribution in [2.75, 3.05) is 38.0 Å². The Bertz CT molecular complexity index is 1090. The standard InChI is InChI=1S/C22H22FN5O2S/c1-15-5-4-6-16(13-15)20-25-26-22(31-20)24-19(29)14-27-9-11-28(12-10-27)21(30)17-7-2-3-8-18(17)23/h2-8,13H,9-12,14H2,1H3,(H,24,26,29). The van der Waals surface area contributed by atoms with Gasteiger partial charge in [0.15, 0.2) is 0 Å². The maximum atomic E-state index is 13.9. The van der Waals surface area contributed by atoms with Gasteiger partial charge in [-0.2, -0.15) is 0 Å². The molecule has 0 atom stereocenters. The molecule has 31 heavy (non-hydrogen) atoms. The van der Waals surface area contributed by atoms with E-state index in [9.17, 15) is 14.0 Å². The highest BCUT2D eigenvalue weighted by molar-refractivity contribution is 7.18. The van der Waals surface area contributed by atoms with E-state index in [2.05, 4.69) is 15.5 Å². The number of rotatable bonds is 5. The fourth-order valence-corrected chi connectivity index (χ4v) is 4.20. The zero-order valence-corrected chi connectivity index (χ0v) is 17.9. The third-order valence-corrected chi connectivity index (χ3v) is 5.96. The van der Waals surface area contributed by atoms with E-state index in [1.54, 1.807) is 17.0 Å². The second kappa shape index (κ2) is 9.32. The Balaban J connectivity index is 1.28. The first-order valence-electron chi connectivity index (χ1n) is 9.96. The molecule has 0 saturated carbocycles. The number of hydrogen-bond acceptors (Lipinski definition) is 6. The third-order valence-electron chi connectivity index (χ3n) is 5.07. The van der Waals surface area contributed by atoms with E-state index in [0.717, 1.165) is 16.1 Å². The molecule has 160 valence electrons. The summed E-state index contributed by atoms with van der Waals surface area (Å²) in [7, 11) is 0. The van der Waals surface area contributed by atoms with Crippen LogP contribution in [0, 0.1) is 12.7 Å². The van der Waals surface area contributed by atoms with E-state index in [1.165, 1.54) is 23.5 Å². The van der Waals surface area contributed by atoms with Crippen molar-refractivity contribution in [1.82, 2.24) is 20.0 Å². The molecule has 1 fully saturated rings. The number of carbonyl (C=O) groups is 2. The Labute approximate surface area is 183 Å². The molecule has 1 aliphatic rings. The molecule has 1 aliphatic heterocycles. The number of anilines is 1. The summed E-state index contributed by atoms with van der Waals surface area (Å²) in [6.45, 7) is 4.17. The molecule has 1 aromatic heterocycles. The summed E-state index contributed by atoms with van der Waals surface area (Å²) < 4.78 is 13.9. The second-order valence-corrected chi connectivity index (χ2v) is 8.36. The molecule has 3 aromatic rings. The Morgan fingerprint density at radius 2 is 1.84 bits per heavy atom. The number of nitrogens with one attached hydrogen (secondary N) is 1. The lowest BCUT2D eigenvalue weighted by Gasteiger charge is -2.34. The predicted octanol–water partition coefficient (Wildman–Crippen LogP) is 3.05. The summed E-state index contributed by atoms with van der Waals surface area (Å²) in [5.74, 6) is -1.02. The molecule has 2 aromatic carbocycles. The number of benzene rings is 2. The number of halogens is 1. The van der Waals surface area contributed by atoms with Gasteiger partial charge in [0.05, 0.1) is 12.1 Å². The van der Waals surface area contributed by atoms with Gasteiger partial charge in [-0.3, -0.25) is 19.8 Å². The highest BCUT2D eigenvalue weighted by Crippen LogP contribution is 2.26. The summed E-state index contributed by atoms with van der Waals surface area (Å²) in [4.78, 5) is 28.5. The molecule has 0 bridgehead atoms. The lowest BCUT2D eigenvalue weighted by atomic mass is 10.1. The maximum Gasteiger partial charge on any atom is 0.256 e. The zero-order valence-electron chi connectivity index (χ0n) is 17.0. The lowest BCUT2D eigenvalue weighted by Crippen LogP contribution is -2.50. The Hall–Kier alpha value is -3.17. The van der Waals surface area contributed by atoms with Crippen molar-refractivity contribution < 1.29 is 14.0 Å². The topological polar surface area (TPSA) is 78.4 Å². The van der Waals surface area contributed by atoms with Crippen LogP contribution in [0.1, 0.15) is 15.9 Å². The van der Waals surface area contributed by atoms with Crippen LogP contribution in [-0.4, -0.2) is 64.5 Å². The van der Waals surface area contributed by atoms with Crippen molar-refractivity contribution >= 4 is 28.3 Å². The van der Waals surface area contributed by atoms with Crippen LogP contribution in [0.15, 0.2) is 48.5 Å². The molecular formula is C22H22FN5O2S. The van der Waals surface area contributed by atoms with Gasteiger partial charge in [-0.25, -0.2) is 4.39 Å². The fourth-order valence-electron chi connectivity index (χ4n) is 3.44. The van der Waals surface area contributed by atoms with Gasteiger partial charge in [0.2, 0.25) is 11.0 Å². The summed E-state index contributed by atoms with van der Waals surface area (Å²) in [5, 5.41) is 12.2. The summed E-state index contributed by atoms with van der Waals surface area (Å²) >= 11 is 1.33. The van der Waals surface area contributed by atoms with Crippen LogP contribution in [0.3, 0.4) is 0 Å². The van der Waals surface area contributed by atoms with Gasteiger partial charge in [0, 0.05) is 31.7 Å². The largest absolute Gasteiger partial charge is 0.336 e. The molecule has 2 heterocycles. The smallest absolute Gasteiger partial charge is 0.256 e. The van der Waals surface area contributed by atoms with E-state index in [0.29, 0.717) is 31.3 Å². The van der Waals surface area contributed by atoms with E-state index in [1.807, 2.05) is 36.1 Å². The van der Waals surface area contributed by atoms with Crippen LogP contribution in [0.5, 0.6) is 0 Å². The third kappa shape index (κ3) is 5.12. The van der Waals surface area contributed by atoms with Crippen LogP contribution in [0.2, 0.25) is 0 Å². The monoisotopic (exact) mass is 439 g/mol. The van der Waals surface area contributed by atoms with Gasteiger partial charge >= 0.3 is 0 Å². The molecule has 0 aliphatic carbocycles. The van der Waals surface area contributed by atoms with Gasteiger partial charge < -0.3 is 4.90 Å². The summed E-state index contributed by atoms with van der Waals surface area (Å²) in [5.41, 5.74) is 2.17. The van der Waals surface area contributed by atoms with Crippen LogP contribution in [0.4, 0.5) is 9.52 Å². The predicted molar refractivity (Wildman–Crippen MR) is 117 cm³/mol. The minimum Gasteiger partial charge on any atom is -0.336 e. The van der Waals surface area contributed by atoms with Gasteiger partial charge in [-0.1, -0.05) is 47.2 Å². The van der Waals surface area contributed by atoms with Crippen molar-refractivity contribution in [2.45, 2.75) is 6.92 Å². The van der Waals surface area contributed by atoms with Gasteiger partial charge in [0.25, 0.3) is 5.91 Å². The molecule has 4 rings (SSSR count). The van der Waals surface area contributed by atoms with Crippen LogP contribution < -0.4 is 5.32 Å². The van der Waals surface area contributed by atoms with E-state index in [4.69, 9.17) is 0 Å². The zero-order chi connectivity index (χ0) is 21.8. The number of aryl methyl sites for hydroxylation is 1. The van der Waals surface area contributed by atoms with E-state index in [-0.39, 0.29) is 23.9 Å². The lowest BCUT2D eigenvalue weighted by molar-refractivity contribution is -0.117. The number of hydrogen-bond donors (Lipinski definition) is 1. The fraction of sp³-hybridized carbons (Fsp3) is 0.273. The Kier molecular flexibility index (Phi) is 6.34. The highest BCUT2D eigenvalue weighted by Gasteiger charge is 2.25.